The van der Waals surface area contributed by atoms with Crippen molar-refractivity contribution < 1.29 is 17.9 Å². The molecule has 0 aliphatic heterocycles. The number of hydrogen-bond acceptors (Lipinski definition) is 6. The molecule has 0 fully saturated rings. The van der Waals surface area contributed by atoms with E-state index in [0.29, 0.717) is 17.2 Å². The van der Waals surface area contributed by atoms with E-state index in [1.165, 1.54) is 18.3 Å². The second kappa shape index (κ2) is 9.22. The standard InChI is InChI=1S/C20H20F3N5O/c1-3-28(4-2)19-10-17(16(21)12-24-19)26-18-9-14(11-25-27-18)13-5-7-15(8-6-13)29-20(22)23/h5-12,20H,3-4H2,1-2H3,(H,24,26,27). The van der Waals surface area contributed by atoms with Crippen LogP contribution in [0, 0.1) is 5.82 Å². The molecule has 0 amide bonds. The molecule has 2 heterocycles. The summed E-state index contributed by atoms with van der Waals surface area (Å²) in [5.41, 5.74) is 1.64. The molecule has 0 aliphatic carbocycles. The van der Waals surface area contributed by atoms with E-state index in [1.54, 1.807) is 24.3 Å². The van der Waals surface area contributed by atoms with Crippen molar-refractivity contribution >= 4 is 17.3 Å². The number of anilines is 3. The van der Waals surface area contributed by atoms with Crippen molar-refractivity contribution in [1.29, 1.82) is 0 Å². The highest BCUT2D eigenvalue weighted by atomic mass is 19.3. The molecule has 9 heteroatoms. The Morgan fingerprint density at radius 3 is 2.41 bits per heavy atom. The van der Waals surface area contributed by atoms with E-state index < -0.39 is 12.4 Å². The Hall–Kier alpha value is -3.36. The van der Waals surface area contributed by atoms with Crippen LogP contribution in [0.25, 0.3) is 11.1 Å². The molecule has 1 aromatic carbocycles. The molecule has 0 atom stereocenters. The predicted molar refractivity (Wildman–Crippen MR) is 105 cm³/mol. The van der Waals surface area contributed by atoms with Crippen molar-refractivity contribution in [3.05, 3.63) is 54.6 Å². The van der Waals surface area contributed by atoms with Crippen LogP contribution < -0.4 is 15.0 Å². The van der Waals surface area contributed by atoms with Gasteiger partial charge in [0.25, 0.3) is 0 Å². The molecule has 0 saturated carbocycles. The topological polar surface area (TPSA) is 63.2 Å². The number of halogens is 3. The SMILES string of the molecule is CCN(CC)c1cc(Nc2cc(-c3ccc(OC(F)F)cc3)cnn2)c(F)cn1. The molecule has 29 heavy (non-hydrogen) atoms. The van der Waals surface area contributed by atoms with E-state index in [2.05, 4.69) is 25.2 Å². The smallest absolute Gasteiger partial charge is 0.387 e. The summed E-state index contributed by atoms with van der Waals surface area (Å²) < 4.78 is 43.1. The molecule has 1 N–H and O–H groups in total. The quantitative estimate of drug-likeness (QED) is 0.579. The Bertz CT molecular complexity index is 949. The van der Waals surface area contributed by atoms with Crippen LogP contribution in [0.4, 0.5) is 30.5 Å². The first-order chi connectivity index (χ1) is 14.0. The molecule has 0 spiro atoms. The molecule has 3 rings (SSSR count). The molecule has 152 valence electrons. The Morgan fingerprint density at radius 1 is 1.03 bits per heavy atom. The lowest BCUT2D eigenvalue weighted by Gasteiger charge is -2.20. The molecular formula is C20H20F3N5O. The van der Waals surface area contributed by atoms with Crippen molar-refractivity contribution in [2.75, 3.05) is 23.3 Å². The van der Waals surface area contributed by atoms with E-state index in [1.807, 2.05) is 18.7 Å². The fraction of sp³-hybridized carbons (Fsp3) is 0.250. The summed E-state index contributed by atoms with van der Waals surface area (Å²) in [5, 5.41) is 10.8. The molecule has 6 nitrogen and oxygen atoms in total. The highest BCUT2D eigenvalue weighted by molar-refractivity contribution is 5.69. The zero-order valence-electron chi connectivity index (χ0n) is 15.9. The van der Waals surface area contributed by atoms with Crippen LogP contribution in [0.3, 0.4) is 0 Å². The van der Waals surface area contributed by atoms with Crippen LogP contribution in [0.1, 0.15) is 13.8 Å². The minimum absolute atomic E-state index is 0.0619. The summed E-state index contributed by atoms with van der Waals surface area (Å²) in [6, 6.07) is 9.44. The van der Waals surface area contributed by atoms with Gasteiger partial charge in [-0.25, -0.2) is 9.37 Å². The number of ether oxygens (including phenoxy) is 1. The number of nitrogens with zero attached hydrogens (tertiary/aromatic N) is 4. The largest absolute Gasteiger partial charge is 0.435 e. The van der Waals surface area contributed by atoms with Crippen molar-refractivity contribution in [3.63, 3.8) is 0 Å². The molecular weight excluding hydrogens is 383 g/mol. The Morgan fingerprint density at radius 2 is 1.76 bits per heavy atom. The second-order valence-electron chi connectivity index (χ2n) is 6.05. The lowest BCUT2D eigenvalue weighted by atomic mass is 10.1. The van der Waals surface area contributed by atoms with Gasteiger partial charge >= 0.3 is 6.61 Å². The van der Waals surface area contributed by atoms with Crippen LogP contribution in [-0.2, 0) is 0 Å². The van der Waals surface area contributed by atoms with E-state index in [-0.39, 0.29) is 11.4 Å². The average molecular weight is 403 g/mol. The first-order valence-electron chi connectivity index (χ1n) is 9.05. The van der Waals surface area contributed by atoms with E-state index in [9.17, 15) is 13.2 Å². The normalized spacial score (nSPS) is 10.8. The second-order valence-corrected chi connectivity index (χ2v) is 6.05. The number of pyridine rings is 1. The summed E-state index contributed by atoms with van der Waals surface area (Å²) in [5.74, 6) is 0.539. The molecule has 0 saturated heterocycles. The molecule has 0 bridgehead atoms. The van der Waals surface area contributed by atoms with Gasteiger partial charge in [0.05, 0.1) is 18.1 Å². The van der Waals surface area contributed by atoms with Crippen LogP contribution in [-0.4, -0.2) is 34.9 Å². The average Bonchev–Trinajstić information content (AvgIpc) is 2.71. The third-order valence-corrected chi connectivity index (χ3v) is 4.26. The number of nitrogens with one attached hydrogen (secondary N) is 1. The highest BCUT2D eigenvalue weighted by Crippen LogP contribution is 2.27. The van der Waals surface area contributed by atoms with Crippen LogP contribution >= 0.6 is 0 Å². The van der Waals surface area contributed by atoms with E-state index in [4.69, 9.17) is 0 Å². The lowest BCUT2D eigenvalue weighted by molar-refractivity contribution is -0.0498. The van der Waals surface area contributed by atoms with Gasteiger partial charge in [-0.05, 0) is 37.6 Å². The summed E-state index contributed by atoms with van der Waals surface area (Å²) in [6.07, 6.45) is 2.69. The van der Waals surface area contributed by atoms with Crippen LogP contribution in [0.15, 0.2) is 48.8 Å². The third-order valence-electron chi connectivity index (χ3n) is 4.26. The maximum absolute atomic E-state index is 14.2. The maximum Gasteiger partial charge on any atom is 0.387 e. The minimum Gasteiger partial charge on any atom is -0.435 e. The van der Waals surface area contributed by atoms with Gasteiger partial charge in [0.2, 0.25) is 0 Å². The number of alkyl halides is 2. The van der Waals surface area contributed by atoms with Crippen LogP contribution in [0.5, 0.6) is 5.75 Å². The number of hydrogen-bond donors (Lipinski definition) is 1. The monoisotopic (exact) mass is 403 g/mol. The van der Waals surface area contributed by atoms with E-state index in [0.717, 1.165) is 24.8 Å². The number of aromatic nitrogens is 3. The first-order valence-corrected chi connectivity index (χ1v) is 9.05. The Balaban J connectivity index is 1.82. The van der Waals surface area contributed by atoms with Gasteiger partial charge in [0, 0.05) is 24.7 Å². The van der Waals surface area contributed by atoms with Crippen molar-refractivity contribution in [2.24, 2.45) is 0 Å². The Labute approximate surface area is 166 Å². The first kappa shape index (κ1) is 20.4. The van der Waals surface area contributed by atoms with Crippen molar-refractivity contribution in [3.8, 4) is 16.9 Å². The zero-order chi connectivity index (χ0) is 20.8. The van der Waals surface area contributed by atoms with Gasteiger partial charge in [-0.15, -0.1) is 5.10 Å². The van der Waals surface area contributed by atoms with Crippen LogP contribution in [0.2, 0.25) is 0 Å². The maximum atomic E-state index is 14.2. The van der Waals surface area contributed by atoms with Gasteiger partial charge in [0.15, 0.2) is 11.6 Å². The molecule has 0 aliphatic rings. The Kier molecular flexibility index (Phi) is 6.48. The highest BCUT2D eigenvalue weighted by Gasteiger charge is 2.11. The summed E-state index contributed by atoms with van der Waals surface area (Å²) in [7, 11) is 0. The summed E-state index contributed by atoms with van der Waals surface area (Å²) in [6.45, 7) is 2.60. The zero-order valence-corrected chi connectivity index (χ0v) is 15.9. The molecule has 0 unspecified atom stereocenters. The molecule has 0 radical (unpaired) electrons. The summed E-state index contributed by atoms with van der Waals surface area (Å²) >= 11 is 0. The molecule has 2 aromatic heterocycles. The van der Waals surface area contributed by atoms with Gasteiger partial charge in [-0.3, -0.25) is 0 Å². The van der Waals surface area contributed by atoms with Crippen molar-refractivity contribution in [1.82, 2.24) is 15.2 Å². The van der Waals surface area contributed by atoms with Gasteiger partial charge in [-0.1, -0.05) is 12.1 Å². The lowest BCUT2D eigenvalue weighted by Crippen LogP contribution is -2.23. The minimum atomic E-state index is -2.88. The number of rotatable bonds is 8. The summed E-state index contributed by atoms with van der Waals surface area (Å²) in [4.78, 5) is 6.12. The van der Waals surface area contributed by atoms with Gasteiger partial charge in [0.1, 0.15) is 11.6 Å². The van der Waals surface area contributed by atoms with Gasteiger partial charge < -0.3 is 15.0 Å². The third kappa shape index (κ3) is 5.13. The van der Waals surface area contributed by atoms with E-state index >= 15 is 0 Å². The fourth-order valence-electron chi connectivity index (χ4n) is 2.80. The fourth-order valence-corrected chi connectivity index (χ4v) is 2.80. The number of benzene rings is 1. The predicted octanol–water partition coefficient (Wildman–Crippen LogP) is 4.87. The van der Waals surface area contributed by atoms with Gasteiger partial charge in [-0.2, -0.15) is 13.9 Å². The van der Waals surface area contributed by atoms with Crippen molar-refractivity contribution in [2.45, 2.75) is 20.5 Å². The molecule has 3 aromatic rings.